The number of anilines is 4. The first-order valence-corrected chi connectivity index (χ1v) is 20.0. The molecule has 2 atom stereocenters. The Morgan fingerprint density at radius 2 is 0.793 bits per heavy atom. The predicted octanol–water partition coefficient (Wildman–Crippen LogP) is 13.8. The van der Waals surface area contributed by atoms with Crippen LogP contribution in [0.1, 0.15) is 0 Å². The van der Waals surface area contributed by atoms with Gasteiger partial charge in [0.1, 0.15) is 0 Å². The van der Waals surface area contributed by atoms with Gasteiger partial charge < -0.3 is 9.80 Å². The first-order valence-electron chi connectivity index (χ1n) is 20.0. The van der Waals surface area contributed by atoms with E-state index < -0.39 is 0 Å². The van der Waals surface area contributed by atoms with E-state index in [9.17, 15) is 0 Å². The van der Waals surface area contributed by atoms with Crippen LogP contribution in [0.4, 0.5) is 22.7 Å². The van der Waals surface area contributed by atoms with Crippen LogP contribution in [0.5, 0.6) is 0 Å². The Balaban J connectivity index is 0.863. The average Bonchev–Trinajstić information content (AvgIpc) is 3.28. The van der Waals surface area contributed by atoms with E-state index >= 15 is 0 Å². The topological polar surface area (TPSA) is 6.48 Å². The van der Waals surface area contributed by atoms with E-state index in [0.717, 1.165) is 45.3 Å². The molecule has 6 aliphatic carbocycles. The molecule has 272 valence electrons. The van der Waals surface area contributed by atoms with Gasteiger partial charge in [0.15, 0.2) is 0 Å². The third-order valence-corrected chi connectivity index (χ3v) is 11.7. The van der Waals surface area contributed by atoms with Crippen LogP contribution in [0.15, 0.2) is 263 Å². The Morgan fingerprint density at radius 1 is 0.345 bits per heavy atom. The summed E-state index contributed by atoms with van der Waals surface area (Å²) in [7, 11) is 0. The van der Waals surface area contributed by atoms with Gasteiger partial charge >= 0.3 is 0 Å². The highest BCUT2D eigenvalue weighted by atomic mass is 15.2. The fourth-order valence-electron chi connectivity index (χ4n) is 9.02. The number of benzene rings is 4. The Labute approximate surface area is 340 Å². The molecule has 0 fully saturated rings. The van der Waals surface area contributed by atoms with Crippen LogP contribution in [-0.4, -0.2) is 0 Å². The quantitative estimate of drug-likeness (QED) is 0.156. The van der Waals surface area contributed by atoms with Crippen molar-refractivity contribution in [2.45, 2.75) is 0 Å². The molecule has 58 heavy (non-hydrogen) atoms. The lowest BCUT2D eigenvalue weighted by Crippen LogP contribution is -2.22. The molecule has 0 spiro atoms. The second-order valence-electron chi connectivity index (χ2n) is 15.2. The van der Waals surface area contributed by atoms with Crippen molar-refractivity contribution in [1.29, 1.82) is 0 Å². The molecular formula is C56H38N2. The summed E-state index contributed by atoms with van der Waals surface area (Å²) in [6.07, 6.45) is 35.8. The number of hydrogen-bond donors (Lipinski definition) is 0. The third kappa shape index (κ3) is 6.02. The molecule has 2 unspecified atom stereocenters. The van der Waals surface area contributed by atoms with Crippen LogP contribution >= 0.6 is 0 Å². The van der Waals surface area contributed by atoms with E-state index in [1.807, 2.05) is 0 Å². The van der Waals surface area contributed by atoms with Gasteiger partial charge in [0.25, 0.3) is 0 Å². The van der Waals surface area contributed by atoms with Gasteiger partial charge in [-0.25, -0.2) is 0 Å². The van der Waals surface area contributed by atoms with Crippen molar-refractivity contribution in [2.75, 3.05) is 9.80 Å². The van der Waals surface area contributed by atoms with Crippen LogP contribution in [0.2, 0.25) is 0 Å². The lowest BCUT2D eigenvalue weighted by Gasteiger charge is -2.34. The summed E-state index contributed by atoms with van der Waals surface area (Å²) in [5.41, 5.74) is 19.0. The lowest BCUT2D eigenvalue weighted by molar-refractivity contribution is 0.866. The summed E-state index contributed by atoms with van der Waals surface area (Å²) < 4.78 is 0. The lowest BCUT2D eigenvalue weighted by atomic mass is 9.75. The zero-order chi connectivity index (χ0) is 38.4. The highest BCUT2D eigenvalue weighted by molar-refractivity contribution is 5.78. The summed E-state index contributed by atoms with van der Waals surface area (Å²) in [5, 5.41) is 0. The fraction of sp³-hybridized carbons (Fsp3) is 0.0357. The molecule has 0 saturated carbocycles. The van der Waals surface area contributed by atoms with Gasteiger partial charge in [-0.15, -0.1) is 0 Å². The number of nitrogens with zero attached hydrogens (tertiary/aromatic N) is 2. The van der Waals surface area contributed by atoms with Crippen molar-refractivity contribution in [3.63, 3.8) is 0 Å². The van der Waals surface area contributed by atoms with Gasteiger partial charge in [-0.05, 0) is 129 Å². The van der Waals surface area contributed by atoms with E-state index in [4.69, 9.17) is 0 Å². The third-order valence-electron chi connectivity index (χ3n) is 11.7. The molecule has 5 aromatic carbocycles. The highest BCUT2D eigenvalue weighted by Gasteiger charge is 2.30. The molecule has 11 rings (SSSR count). The average molecular weight is 739 g/mol. The van der Waals surface area contributed by atoms with E-state index in [2.05, 4.69) is 240 Å². The largest absolute Gasteiger partial charge is 0.310 e. The second kappa shape index (κ2) is 14.2. The number of rotatable bonds is 8. The molecule has 5 aromatic rings. The minimum absolute atomic E-state index is 0.299. The monoisotopic (exact) mass is 738 g/mol. The second-order valence-corrected chi connectivity index (χ2v) is 15.2. The summed E-state index contributed by atoms with van der Waals surface area (Å²) in [6, 6.07) is 50.3. The smallest absolute Gasteiger partial charge is 0.0973 e. The SMILES string of the molecule is c1c(-c2ccc(-c3ccc(N(C4=CC5=CC=CC6=CC=CC(=C4)C65)c4ccccc4)cc3)cc2)ccc(N(C2=CC3=CC=CC4=CC=CC(=C2)C43)c2ccccc2)c#1. The Morgan fingerprint density at radius 3 is 1.33 bits per heavy atom. The maximum atomic E-state index is 3.53. The summed E-state index contributed by atoms with van der Waals surface area (Å²) in [4.78, 5) is 4.64. The molecule has 0 aromatic heterocycles. The van der Waals surface area contributed by atoms with Crippen LogP contribution in [-0.2, 0) is 0 Å². The van der Waals surface area contributed by atoms with Crippen molar-refractivity contribution < 1.29 is 0 Å². The molecular weight excluding hydrogens is 701 g/mol. The van der Waals surface area contributed by atoms with Crippen molar-refractivity contribution >= 4 is 22.7 Å². The van der Waals surface area contributed by atoms with Gasteiger partial charge in [0.05, 0.1) is 5.69 Å². The molecule has 2 heteroatoms. The van der Waals surface area contributed by atoms with Gasteiger partial charge in [0.2, 0.25) is 0 Å². The molecule has 0 radical (unpaired) electrons. The van der Waals surface area contributed by atoms with Crippen molar-refractivity contribution in [3.05, 3.63) is 276 Å². The molecule has 0 saturated heterocycles. The highest BCUT2D eigenvalue weighted by Crippen LogP contribution is 2.45. The van der Waals surface area contributed by atoms with Crippen LogP contribution in [0, 0.1) is 24.0 Å². The van der Waals surface area contributed by atoms with Crippen molar-refractivity contribution in [2.24, 2.45) is 11.8 Å². The van der Waals surface area contributed by atoms with E-state index in [1.54, 1.807) is 0 Å². The predicted molar refractivity (Wildman–Crippen MR) is 240 cm³/mol. The van der Waals surface area contributed by atoms with Gasteiger partial charge in [-0.3, -0.25) is 0 Å². The molecule has 0 amide bonds. The minimum Gasteiger partial charge on any atom is -0.310 e. The fourth-order valence-corrected chi connectivity index (χ4v) is 9.02. The van der Waals surface area contributed by atoms with E-state index in [1.165, 1.54) is 44.6 Å². The first kappa shape index (κ1) is 33.7. The normalized spacial score (nSPS) is 19.1. The molecule has 0 aliphatic heterocycles. The number of allylic oxidation sites excluding steroid dienone is 22. The molecule has 0 N–H and O–H groups in total. The van der Waals surface area contributed by atoms with Crippen molar-refractivity contribution in [3.8, 4) is 22.3 Å². The Bertz CT molecular complexity index is 2620. The molecule has 0 bridgehead atoms. The Kier molecular flexibility index (Phi) is 8.23. The summed E-state index contributed by atoms with van der Waals surface area (Å²) in [5.74, 6) is 0.611. The van der Waals surface area contributed by atoms with E-state index in [0.29, 0.717) is 11.8 Å². The van der Waals surface area contributed by atoms with Crippen LogP contribution in [0.3, 0.4) is 0 Å². The van der Waals surface area contributed by atoms with Crippen molar-refractivity contribution in [1.82, 2.24) is 0 Å². The maximum absolute atomic E-state index is 3.53. The molecule has 0 heterocycles. The number of hydrogen-bond acceptors (Lipinski definition) is 2. The Hall–Kier alpha value is -7.60. The molecule has 2 nitrogen and oxygen atoms in total. The zero-order valence-electron chi connectivity index (χ0n) is 31.8. The van der Waals surface area contributed by atoms with Gasteiger partial charge in [-0.2, -0.15) is 0 Å². The van der Waals surface area contributed by atoms with Gasteiger partial charge in [0, 0.05) is 45.9 Å². The first-order chi connectivity index (χ1) is 28.7. The van der Waals surface area contributed by atoms with Gasteiger partial charge in [-0.1, -0.05) is 152 Å². The standard InChI is InChI=1S/C56H38N2/c1-3-19-49(20-4-1)57(53-35-45-15-7-11-43-12-8-16-46(36-53)55(43)45)51-31-27-41(28-32-51)39-23-25-40(26-24-39)42-29-33-52(34-30-42)58(50-21-5-2-6-22-50)54-37-47-17-9-13-44-14-10-18-48(38-54)56(44)47/h1-29,31-33,35-38,55-56H. The van der Waals surface area contributed by atoms with E-state index in [-0.39, 0.29) is 0 Å². The number of para-hydroxylation sites is 2. The summed E-state index contributed by atoms with van der Waals surface area (Å²) >= 11 is 0. The minimum atomic E-state index is 0.299. The molecule has 6 aliphatic rings. The summed E-state index contributed by atoms with van der Waals surface area (Å²) in [6.45, 7) is 0. The van der Waals surface area contributed by atoms with Crippen LogP contribution in [0.25, 0.3) is 22.3 Å². The maximum Gasteiger partial charge on any atom is 0.0973 e. The van der Waals surface area contributed by atoms with Crippen LogP contribution < -0.4 is 9.80 Å². The zero-order valence-corrected chi connectivity index (χ0v) is 31.8.